The van der Waals surface area contributed by atoms with Crippen LogP contribution in [0.5, 0.6) is 0 Å². The fraction of sp³-hybridized carbons (Fsp3) is 0.667. The summed E-state index contributed by atoms with van der Waals surface area (Å²) in [6, 6.07) is 9.36. The predicted octanol–water partition coefficient (Wildman–Crippen LogP) is 3.48. The third-order valence-corrected chi connectivity index (χ3v) is 5.77. The lowest BCUT2D eigenvalue weighted by Gasteiger charge is -2.36. The molecule has 0 bridgehead atoms. The van der Waals surface area contributed by atoms with Gasteiger partial charge in [-0.15, -0.1) is 0 Å². The van der Waals surface area contributed by atoms with Gasteiger partial charge in [-0.2, -0.15) is 0 Å². The van der Waals surface area contributed by atoms with Gasteiger partial charge in [-0.05, 0) is 50.8 Å². The molecule has 2 aliphatic rings. The van der Waals surface area contributed by atoms with E-state index in [-0.39, 0.29) is 5.92 Å². The van der Waals surface area contributed by atoms with Crippen LogP contribution in [-0.4, -0.2) is 42.2 Å². The van der Waals surface area contributed by atoms with Crippen molar-refractivity contribution in [3.05, 3.63) is 35.9 Å². The molecule has 1 aromatic rings. The van der Waals surface area contributed by atoms with Crippen LogP contribution < -0.4 is 0 Å². The minimum Gasteiger partial charge on any atom is -0.463 e. The summed E-state index contributed by atoms with van der Waals surface area (Å²) in [5.41, 5.74) is -0.832. The molecule has 0 spiro atoms. The summed E-state index contributed by atoms with van der Waals surface area (Å²) < 4.78 is 5.56. The van der Waals surface area contributed by atoms with Gasteiger partial charge >= 0.3 is 5.97 Å². The fourth-order valence-corrected chi connectivity index (χ4v) is 4.30. The Morgan fingerprint density at radius 2 is 1.76 bits per heavy atom. The van der Waals surface area contributed by atoms with E-state index in [1.165, 1.54) is 19.3 Å². The molecule has 1 saturated carbocycles. The summed E-state index contributed by atoms with van der Waals surface area (Å²) in [6.07, 6.45) is 8.48. The number of carbonyl (C=O) groups is 1. The molecule has 0 radical (unpaired) electrons. The fourth-order valence-electron chi connectivity index (χ4n) is 4.30. The second kappa shape index (κ2) is 8.81. The molecule has 1 aliphatic carbocycles. The first-order chi connectivity index (χ1) is 12.2. The van der Waals surface area contributed by atoms with Crippen molar-refractivity contribution in [1.29, 1.82) is 0 Å². The summed E-state index contributed by atoms with van der Waals surface area (Å²) in [4.78, 5) is 15.3. The van der Waals surface area contributed by atoms with Gasteiger partial charge in [0, 0.05) is 12.5 Å². The van der Waals surface area contributed by atoms with Crippen LogP contribution in [0.25, 0.3) is 0 Å². The second-order valence-electron chi connectivity index (χ2n) is 7.51. The number of ether oxygens (including phenoxy) is 1. The van der Waals surface area contributed by atoms with Crippen molar-refractivity contribution in [2.24, 2.45) is 5.92 Å². The molecule has 1 saturated heterocycles. The number of likely N-dealkylation sites (tertiary alicyclic amines) is 1. The van der Waals surface area contributed by atoms with Crippen LogP contribution >= 0.6 is 0 Å². The highest BCUT2D eigenvalue weighted by Crippen LogP contribution is 2.40. The van der Waals surface area contributed by atoms with Crippen LogP contribution in [0.4, 0.5) is 0 Å². The number of hydrogen-bond donors (Lipinski definition) is 1. The predicted molar refractivity (Wildman–Crippen MR) is 98.2 cm³/mol. The van der Waals surface area contributed by atoms with Crippen molar-refractivity contribution in [1.82, 2.24) is 4.90 Å². The SMILES string of the molecule is O=C(OCCCN1CCCC1)[C@](O)(c1ccccc1)C1CCCCC1. The highest BCUT2D eigenvalue weighted by atomic mass is 16.5. The normalized spacial score (nSPS) is 21.8. The number of carbonyl (C=O) groups excluding carboxylic acids is 1. The van der Waals surface area contributed by atoms with Crippen molar-refractivity contribution in [2.75, 3.05) is 26.2 Å². The van der Waals surface area contributed by atoms with Gasteiger partial charge in [0.15, 0.2) is 5.60 Å². The van der Waals surface area contributed by atoms with Crippen molar-refractivity contribution in [2.45, 2.75) is 57.0 Å². The summed E-state index contributed by atoms with van der Waals surface area (Å²) >= 11 is 0. The number of benzene rings is 1. The Balaban J connectivity index is 1.62. The molecule has 1 heterocycles. The van der Waals surface area contributed by atoms with Crippen molar-refractivity contribution in [3.8, 4) is 0 Å². The quantitative estimate of drug-likeness (QED) is 0.607. The maximum absolute atomic E-state index is 12.9. The first-order valence-corrected chi connectivity index (χ1v) is 9.89. The summed E-state index contributed by atoms with van der Waals surface area (Å²) in [5, 5.41) is 11.4. The third kappa shape index (κ3) is 4.42. The molecule has 138 valence electrons. The van der Waals surface area contributed by atoms with Crippen LogP contribution in [0, 0.1) is 5.92 Å². The topological polar surface area (TPSA) is 49.8 Å². The zero-order chi connectivity index (χ0) is 17.5. The minimum atomic E-state index is -1.50. The third-order valence-electron chi connectivity index (χ3n) is 5.77. The van der Waals surface area contributed by atoms with Crippen LogP contribution in [0.1, 0.15) is 56.9 Å². The van der Waals surface area contributed by atoms with Gasteiger partial charge in [-0.1, -0.05) is 49.6 Å². The van der Waals surface area contributed by atoms with Gasteiger partial charge in [0.05, 0.1) is 6.61 Å². The number of aliphatic hydroxyl groups is 1. The molecule has 2 fully saturated rings. The van der Waals surface area contributed by atoms with Gasteiger partial charge in [-0.25, -0.2) is 4.79 Å². The van der Waals surface area contributed by atoms with E-state index >= 15 is 0 Å². The van der Waals surface area contributed by atoms with E-state index in [1.807, 2.05) is 30.3 Å². The van der Waals surface area contributed by atoms with Gasteiger partial charge in [0.1, 0.15) is 0 Å². The summed E-state index contributed by atoms with van der Waals surface area (Å²) in [5.74, 6) is -0.512. The number of rotatable bonds is 7. The maximum Gasteiger partial charge on any atom is 0.343 e. The molecule has 1 atom stereocenters. The lowest BCUT2D eigenvalue weighted by molar-refractivity contribution is -0.175. The van der Waals surface area contributed by atoms with Gasteiger partial charge in [0.25, 0.3) is 0 Å². The molecule has 1 aliphatic heterocycles. The van der Waals surface area contributed by atoms with E-state index in [0.717, 1.165) is 51.7 Å². The van der Waals surface area contributed by atoms with E-state index < -0.39 is 11.6 Å². The molecule has 0 aromatic heterocycles. The molecule has 4 nitrogen and oxygen atoms in total. The number of hydrogen-bond acceptors (Lipinski definition) is 4. The number of esters is 1. The van der Waals surface area contributed by atoms with Crippen LogP contribution in [0.15, 0.2) is 30.3 Å². The van der Waals surface area contributed by atoms with E-state index in [0.29, 0.717) is 12.2 Å². The molecule has 1 N–H and O–H groups in total. The summed E-state index contributed by atoms with van der Waals surface area (Å²) in [6.45, 7) is 3.67. The first-order valence-electron chi connectivity index (χ1n) is 9.89. The molecule has 1 aromatic carbocycles. The molecular formula is C21H31NO3. The smallest absolute Gasteiger partial charge is 0.343 e. The van der Waals surface area contributed by atoms with Gasteiger partial charge < -0.3 is 14.7 Å². The van der Waals surface area contributed by atoms with E-state index in [2.05, 4.69) is 4.90 Å². The number of nitrogens with zero attached hydrogens (tertiary/aromatic N) is 1. The molecule has 4 heteroatoms. The van der Waals surface area contributed by atoms with Gasteiger partial charge in [0.2, 0.25) is 0 Å². The lowest BCUT2D eigenvalue weighted by atomic mass is 9.73. The highest BCUT2D eigenvalue weighted by molar-refractivity contribution is 5.81. The average molecular weight is 345 g/mol. The Kier molecular flexibility index (Phi) is 6.49. The second-order valence-corrected chi connectivity index (χ2v) is 7.51. The molecule has 3 rings (SSSR count). The Hall–Kier alpha value is -1.39. The zero-order valence-electron chi connectivity index (χ0n) is 15.2. The van der Waals surface area contributed by atoms with Crippen LogP contribution in [-0.2, 0) is 15.1 Å². The standard InChI is InChI=1S/C21H31NO3/c23-20(25-17-9-16-22-14-7-8-15-22)21(24,18-10-3-1-4-11-18)19-12-5-2-6-13-19/h1,3-4,10-11,19,24H,2,5-9,12-17H2/t21-/m0/s1. The molecular weight excluding hydrogens is 314 g/mol. The van der Waals surface area contributed by atoms with E-state index in [4.69, 9.17) is 4.74 Å². The zero-order valence-corrected chi connectivity index (χ0v) is 15.2. The van der Waals surface area contributed by atoms with Crippen LogP contribution in [0.2, 0.25) is 0 Å². The Bertz CT molecular complexity index is 535. The van der Waals surface area contributed by atoms with E-state index in [9.17, 15) is 9.90 Å². The lowest BCUT2D eigenvalue weighted by Crippen LogP contribution is -2.45. The van der Waals surface area contributed by atoms with E-state index in [1.54, 1.807) is 0 Å². The molecule has 0 amide bonds. The Morgan fingerprint density at radius 1 is 1.08 bits per heavy atom. The monoisotopic (exact) mass is 345 g/mol. The van der Waals surface area contributed by atoms with Crippen molar-refractivity contribution in [3.63, 3.8) is 0 Å². The van der Waals surface area contributed by atoms with Gasteiger partial charge in [-0.3, -0.25) is 0 Å². The Morgan fingerprint density at radius 3 is 2.44 bits per heavy atom. The average Bonchev–Trinajstić information content (AvgIpc) is 3.19. The van der Waals surface area contributed by atoms with Crippen molar-refractivity contribution < 1.29 is 14.6 Å². The van der Waals surface area contributed by atoms with Crippen LogP contribution in [0.3, 0.4) is 0 Å². The maximum atomic E-state index is 12.9. The first kappa shape index (κ1) is 18.4. The van der Waals surface area contributed by atoms with Crippen molar-refractivity contribution >= 4 is 5.97 Å². The molecule has 0 unspecified atom stereocenters. The molecule has 25 heavy (non-hydrogen) atoms. The Labute approximate surface area is 151 Å². The largest absolute Gasteiger partial charge is 0.463 e. The summed E-state index contributed by atoms with van der Waals surface area (Å²) in [7, 11) is 0. The minimum absolute atomic E-state index is 0.0465. The highest BCUT2D eigenvalue weighted by Gasteiger charge is 2.47.